The number of nitrogens with zero attached hydrogens (tertiary/aromatic N) is 5. The van der Waals surface area contributed by atoms with Gasteiger partial charge in [0.15, 0.2) is 5.17 Å². The molecule has 10 nitrogen and oxygen atoms in total. The molecule has 0 saturated carbocycles. The third-order valence-electron chi connectivity index (χ3n) is 6.66. The van der Waals surface area contributed by atoms with Crippen LogP contribution in [0.1, 0.15) is 5.56 Å². The van der Waals surface area contributed by atoms with Crippen LogP contribution >= 0.6 is 11.8 Å². The molecule has 1 amide bonds. The van der Waals surface area contributed by atoms with Crippen LogP contribution < -0.4 is 0 Å². The molecule has 39 heavy (non-hydrogen) atoms. The van der Waals surface area contributed by atoms with E-state index in [4.69, 9.17) is 14.6 Å². The molecule has 0 radical (unpaired) electrons. The summed E-state index contributed by atoms with van der Waals surface area (Å²) in [5, 5.41) is 5.49. The van der Waals surface area contributed by atoms with Gasteiger partial charge in [-0.15, -0.1) is 0 Å². The molecule has 12 heteroatoms. The van der Waals surface area contributed by atoms with Crippen molar-refractivity contribution in [2.24, 2.45) is 4.99 Å². The minimum Gasteiger partial charge on any atom is -0.379 e. The topological polar surface area (TPSA) is 106 Å². The quantitative estimate of drug-likeness (QED) is 0.435. The highest BCUT2D eigenvalue weighted by molar-refractivity contribution is 8.18. The van der Waals surface area contributed by atoms with Gasteiger partial charge in [0.05, 0.1) is 41.9 Å². The summed E-state index contributed by atoms with van der Waals surface area (Å²) >= 11 is 1.34. The smallest absolute Gasteiger partial charge is 0.286 e. The number of ether oxygens (including phenoxy) is 2. The van der Waals surface area contributed by atoms with Gasteiger partial charge in [0.2, 0.25) is 10.0 Å². The predicted octanol–water partition coefficient (Wildman–Crippen LogP) is 2.86. The zero-order valence-corrected chi connectivity index (χ0v) is 22.7. The van der Waals surface area contributed by atoms with Crippen LogP contribution in [0.25, 0.3) is 23.0 Å². The molecule has 0 unspecified atom stereocenters. The summed E-state index contributed by atoms with van der Waals surface area (Å²) in [7, 11) is -3.69. The van der Waals surface area contributed by atoms with Gasteiger partial charge in [-0.05, 0) is 42.1 Å². The van der Waals surface area contributed by atoms with Crippen LogP contribution in [0, 0.1) is 0 Å². The zero-order chi connectivity index (χ0) is 26.8. The van der Waals surface area contributed by atoms with Crippen molar-refractivity contribution in [2.75, 3.05) is 52.6 Å². The fraction of sp³-hybridized carbons (Fsp3) is 0.296. The molecule has 0 aliphatic carbocycles. The highest BCUT2D eigenvalue weighted by Crippen LogP contribution is 2.34. The molecule has 2 aromatic carbocycles. The Morgan fingerprint density at radius 1 is 0.897 bits per heavy atom. The maximum Gasteiger partial charge on any atom is 0.286 e. The summed E-state index contributed by atoms with van der Waals surface area (Å²) < 4.78 is 40.6. The van der Waals surface area contributed by atoms with E-state index in [9.17, 15) is 13.2 Å². The second-order valence-corrected chi connectivity index (χ2v) is 12.1. The lowest BCUT2D eigenvalue weighted by Crippen LogP contribution is -2.40. The SMILES string of the molecule is O=C1N=C(N2CCOCC2)SC1=Cc1cn(-c2ccccc2)nc1-c1cccc(S(=O)(=O)N2CCOCC2)c1. The van der Waals surface area contributed by atoms with Gasteiger partial charge in [0, 0.05) is 43.5 Å². The lowest BCUT2D eigenvalue weighted by Gasteiger charge is -2.27. The number of sulfonamides is 1. The lowest BCUT2D eigenvalue weighted by molar-refractivity contribution is -0.113. The Kier molecular flexibility index (Phi) is 7.36. The second kappa shape index (κ2) is 11.1. The molecule has 0 atom stereocenters. The Morgan fingerprint density at radius 3 is 2.36 bits per heavy atom. The van der Waals surface area contributed by atoms with Crippen molar-refractivity contribution >= 4 is 38.9 Å². The maximum atomic E-state index is 13.3. The van der Waals surface area contributed by atoms with Gasteiger partial charge in [-0.3, -0.25) is 4.79 Å². The van der Waals surface area contributed by atoms with Gasteiger partial charge < -0.3 is 14.4 Å². The number of carbonyl (C=O) groups excluding carboxylic acids is 1. The van der Waals surface area contributed by atoms with Crippen molar-refractivity contribution in [3.63, 3.8) is 0 Å². The molecule has 3 aliphatic rings. The number of aromatic nitrogens is 2. The van der Waals surface area contributed by atoms with E-state index in [1.807, 2.05) is 42.6 Å². The summed E-state index contributed by atoms with van der Waals surface area (Å²) in [6.45, 7) is 3.96. The van der Waals surface area contributed by atoms with Crippen molar-refractivity contribution in [1.82, 2.24) is 19.0 Å². The summed E-state index contributed by atoms with van der Waals surface area (Å²) in [6, 6.07) is 16.4. The number of amidine groups is 1. The molecule has 0 spiro atoms. The van der Waals surface area contributed by atoms with Crippen LogP contribution in [0.5, 0.6) is 0 Å². The molecular formula is C27H27N5O5S2. The first-order valence-corrected chi connectivity index (χ1v) is 14.9. The lowest BCUT2D eigenvalue weighted by atomic mass is 10.1. The highest BCUT2D eigenvalue weighted by Gasteiger charge is 2.29. The van der Waals surface area contributed by atoms with Gasteiger partial charge in [-0.1, -0.05) is 30.3 Å². The minimum absolute atomic E-state index is 0.194. The number of rotatable bonds is 5. The van der Waals surface area contributed by atoms with E-state index in [1.165, 1.54) is 16.1 Å². The van der Waals surface area contributed by atoms with Gasteiger partial charge in [-0.2, -0.15) is 14.4 Å². The molecule has 0 N–H and O–H groups in total. The van der Waals surface area contributed by atoms with E-state index in [-0.39, 0.29) is 10.8 Å². The summed E-state index contributed by atoms with van der Waals surface area (Å²) in [6.07, 6.45) is 3.64. The molecule has 3 aromatic rings. The number of hydrogen-bond acceptors (Lipinski definition) is 8. The van der Waals surface area contributed by atoms with Crippen LogP contribution in [-0.2, 0) is 24.3 Å². The highest BCUT2D eigenvalue weighted by atomic mass is 32.2. The summed E-state index contributed by atoms with van der Waals surface area (Å²) in [5.41, 5.74) is 2.74. The fourth-order valence-corrected chi connectivity index (χ4v) is 7.01. The molecule has 2 saturated heterocycles. The molecule has 4 heterocycles. The van der Waals surface area contributed by atoms with E-state index < -0.39 is 10.0 Å². The first kappa shape index (κ1) is 26.0. The molecule has 202 valence electrons. The largest absolute Gasteiger partial charge is 0.379 e. The van der Waals surface area contributed by atoms with E-state index in [0.717, 1.165) is 5.69 Å². The first-order valence-electron chi connectivity index (χ1n) is 12.7. The number of amides is 1. The first-order chi connectivity index (χ1) is 19.0. The second-order valence-electron chi connectivity index (χ2n) is 9.17. The number of para-hydroxylation sites is 1. The van der Waals surface area contributed by atoms with E-state index >= 15 is 0 Å². The molecule has 0 bridgehead atoms. The number of benzene rings is 2. The predicted molar refractivity (Wildman–Crippen MR) is 149 cm³/mol. The number of carbonyl (C=O) groups is 1. The Labute approximate surface area is 231 Å². The van der Waals surface area contributed by atoms with Crippen LogP contribution in [0.2, 0.25) is 0 Å². The standard InChI is InChI=1S/C27H27N5O5S2/c33-26-24(38-27(28-26)30-9-13-36-14-10-30)18-21-19-32(22-6-2-1-3-7-22)29-25(21)20-5-4-8-23(17-20)39(34,35)31-11-15-37-16-12-31/h1-8,17-19H,9-16H2. The number of morpholine rings is 2. The van der Waals surface area contributed by atoms with Gasteiger partial charge in [0.25, 0.3) is 5.91 Å². The number of hydrogen-bond donors (Lipinski definition) is 0. The molecule has 2 fully saturated rings. The van der Waals surface area contributed by atoms with Gasteiger partial charge in [-0.25, -0.2) is 13.1 Å². The van der Waals surface area contributed by atoms with Crippen LogP contribution in [-0.4, -0.2) is 91.1 Å². The number of aliphatic imine (C=N–C) groups is 1. The van der Waals surface area contributed by atoms with Crippen LogP contribution in [0.4, 0.5) is 0 Å². The molecule has 6 rings (SSSR count). The Morgan fingerprint density at radius 2 is 1.62 bits per heavy atom. The van der Waals surface area contributed by atoms with E-state index in [0.29, 0.717) is 79.5 Å². The average molecular weight is 566 g/mol. The third-order valence-corrected chi connectivity index (χ3v) is 9.60. The normalized spacial score (nSPS) is 20.0. The maximum absolute atomic E-state index is 13.3. The van der Waals surface area contributed by atoms with Crippen LogP contribution in [0.3, 0.4) is 0 Å². The van der Waals surface area contributed by atoms with Crippen molar-refractivity contribution in [1.29, 1.82) is 0 Å². The van der Waals surface area contributed by atoms with E-state index in [2.05, 4.69) is 9.89 Å². The Bertz CT molecular complexity index is 1540. The van der Waals surface area contributed by atoms with E-state index in [1.54, 1.807) is 29.0 Å². The average Bonchev–Trinajstić information content (AvgIpc) is 3.58. The minimum atomic E-state index is -3.69. The Hall–Kier alpha value is -3.29. The van der Waals surface area contributed by atoms with Crippen molar-refractivity contribution in [3.8, 4) is 16.9 Å². The number of thioether (sulfide) groups is 1. The van der Waals surface area contributed by atoms with Crippen molar-refractivity contribution in [3.05, 3.63) is 71.3 Å². The van der Waals surface area contributed by atoms with Gasteiger partial charge >= 0.3 is 0 Å². The molecule has 3 aliphatic heterocycles. The third kappa shape index (κ3) is 5.43. The molecular weight excluding hydrogens is 538 g/mol. The van der Waals surface area contributed by atoms with Crippen LogP contribution in [0.15, 0.2) is 75.6 Å². The summed E-state index contributed by atoms with van der Waals surface area (Å²) in [5.74, 6) is -0.302. The zero-order valence-electron chi connectivity index (χ0n) is 21.1. The fourth-order valence-electron chi connectivity index (χ4n) is 4.60. The van der Waals surface area contributed by atoms with Crippen molar-refractivity contribution in [2.45, 2.75) is 4.90 Å². The monoisotopic (exact) mass is 565 g/mol. The Balaban J connectivity index is 1.37. The summed E-state index contributed by atoms with van der Waals surface area (Å²) in [4.78, 5) is 19.9. The molecule has 1 aromatic heterocycles. The van der Waals surface area contributed by atoms with Gasteiger partial charge in [0.1, 0.15) is 5.69 Å². The van der Waals surface area contributed by atoms with Crippen molar-refractivity contribution < 1.29 is 22.7 Å².